The van der Waals surface area contributed by atoms with Crippen molar-refractivity contribution in [3.8, 4) is 0 Å². The predicted molar refractivity (Wildman–Crippen MR) is 129 cm³/mol. The van der Waals surface area contributed by atoms with Crippen molar-refractivity contribution in [1.29, 1.82) is 0 Å². The van der Waals surface area contributed by atoms with Gasteiger partial charge in [0.25, 0.3) is 0 Å². The summed E-state index contributed by atoms with van der Waals surface area (Å²) in [6, 6.07) is 19.0. The lowest BCUT2D eigenvalue weighted by molar-refractivity contribution is -0.117. The van der Waals surface area contributed by atoms with Crippen LogP contribution in [0, 0.1) is 0 Å². The number of carbonyl (C=O) groups excluding carboxylic acids is 1. The molecular weight excluding hydrogens is 475 g/mol. The van der Waals surface area contributed by atoms with Crippen LogP contribution in [0.1, 0.15) is 36.3 Å². The molecule has 29 heavy (non-hydrogen) atoms. The summed E-state index contributed by atoms with van der Waals surface area (Å²) in [6.45, 7) is 3.59. The molecule has 0 aromatic heterocycles. The van der Waals surface area contributed by atoms with E-state index in [1.807, 2.05) is 24.1 Å². The normalized spacial score (nSPS) is 19.4. The van der Waals surface area contributed by atoms with Gasteiger partial charge >= 0.3 is 0 Å². The number of aliphatic imine (C=N–C) groups is 1. The molecule has 2 aromatic rings. The van der Waals surface area contributed by atoms with Crippen LogP contribution < -0.4 is 10.2 Å². The smallest absolute Gasteiger partial charge is 0.227 e. The largest absolute Gasteiger partial charge is 0.352 e. The number of carbonyl (C=O) groups is 1. The van der Waals surface area contributed by atoms with E-state index >= 15 is 0 Å². The van der Waals surface area contributed by atoms with Crippen molar-refractivity contribution in [3.05, 3.63) is 65.7 Å². The summed E-state index contributed by atoms with van der Waals surface area (Å²) in [5.74, 6) is 1.75. The van der Waals surface area contributed by atoms with Crippen LogP contribution in [0.4, 0.5) is 5.69 Å². The van der Waals surface area contributed by atoms with Gasteiger partial charge in [0.15, 0.2) is 5.96 Å². The fourth-order valence-corrected chi connectivity index (χ4v) is 4.18. The number of hydrogen-bond donors (Lipinski definition) is 1. The van der Waals surface area contributed by atoms with E-state index in [1.54, 1.807) is 0 Å². The quantitative estimate of drug-likeness (QED) is 0.389. The molecule has 0 bridgehead atoms. The molecule has 1 unspecified atom stereocenters. The van der Waals surface area contributed by atoms with E-state index in [9.17, 15) is 4.79 Å². The maximum absolute atomic E-state index is 11.9. The Morgan fingerprint density at radius 2 is 1.86 bits per heavy atom. The average molecular weight is 504 g/mol. The second-order valence-electron chi connectivity index (χ2n) is 7.56. The number of amides is 1. The molecule has 1 atom stereocenters. The first-order valence-corrected chi connectivity index (χ1v) is 10.1. The molecule has 5 nitrogen and oxygen atoms in total. The van der Waals surface area contributed by atoms with Crippen LogP contribution in [0.3, 0.4) is 0 Å². The maximum Gasteiger partial charge on any atom is 0.227 e. The number of likely N-dealkylation sites (tertiary alicyclic amines) is 1. The summed E-state index contributed by atoms with van der Waals surface area (Å²) < 4.78 is 0. The average Bonchev–Trinajstić information content (AvgIpc) is 3.39. The van der Waals surface area contributed by atoms with Crippen molar-refractivity contribution in [2.75, 3.05) is 31.6 Å². The van der Waals surface area contributed by atoms with Gasteiger partial charge in [-0.25, -0.2) is 0 Å². The molecule has 2 fully saturated rings. The van der Waals surface area contributed by atoms with Crippen LogP contribution in [0.25, 0.3) is 0 Å². The van der Waals surface area contributed by atoms with E-state index in [2.05, 4.69) is 57.7 Å². The van der Waals surface area contributed by atoms with Gasteiger partial charge in [0.1, 0.15) is 0 Å². The van der Waals surface area contributed by atoms with Gasteiger partial charge in [-0.05, 0) is 36.1 Å². The maximum atomic E-state index is 11.9. The van der Waals surface area contributed by atoms with Crippen LogP contribution in [-0.4, -0.2) is 43.4 Å². The number of hydrogen-bond acceptors (Lipinski definition) is 2. The van der Waals surface area contributed by atoms with Gasteiger partial charge in [-0.15, -0.1) is 24.0 Å². The lowest BCUT2D eigenvalue weighted by Crippen LogP contribution is -2.39. The molecule has 0 spiro atoms. The van der Waals surface area contributed by atoms with Gasteiger partial charge in [-0.3, -0.25) is 9.79 Å². The van der Waals surface area contributed by atoms with Crippen LogP contribution in [0.2, 0.25) is 0 Å². The van der Waals surface area contributed by atoms with Gasteiger partial charge in [-0.2, -0.15) is 0 Å². The fourth-order valence-electron chi connectivity index (χ4n) is 4.18. The highest BCUT2D eigenvalue weighted by molar-refractivity contribution is 14.0. The Morgan fingerprint density at radius 3 is 2.52 bits per heavy atom. The highest BCUT2D eigenvalue weighted by Crippen LogP contribution is 2.27. The van der Waals surface area contributed by atoms with Gasteiger partial charge in [0.2, 0.25) is 5.91 Å². The van der Waals surface area contributed by atoms with Crippen molar-refractivity contribution in [3.63, 3.8) is 0 Å². The van der Waals surface area contributed by atoms with E-state index < -0.39 is 0 Å². The number of halogens is 1. The monoisotopic (exact) mass is 504 g/mol. The van der Waals surface area contributed by atoms with Crippen molar-refractivity contribution in [2.24, 2.45) is 4.99 Å². The summed E-state index contributed by atoms with van der Waals surface area (Å²) in [4.78, 5) is 20.6. The molecule has 1 N–H and O–H groups in total. The summed E-state index contributed by atoms with van der Waals surface area (Å²) in [7, 11) is 1.85. The van der Waals surface area contributed by atoms with Crippen LogP contribution >= 0.6 is 24.0 Å². The zero-order valence-corrected chi connectivity index (χ0v) is 19.2. The minimum atomic E-state index is 0. The molecule has 0 radical (unpaired) electrons. The summed E-state index contributed by atoms with van der Waals surface area (Å²) in [6.07, 6.45) is 2.78. The minimum absolute atomic E-state index is 0. The molecule has 0 saturated carbocycles. The SMILES string of the molecule is CN=C(NCc1ccc(N2CCCC2=O)cc1)N1CCC(c2ccccc2)C1.I. The zero-order valence-electron chi connectivity index (χ0n) is 16.9. The molecule has 154 valence electrons. The van der Waals surface area contributed by atoms with Crippen LogP contribution in [0.5, 0.6) is 0 Å². The van der Waals surface area contributed by atoms with Crippen LogP contribution in [0.15, 0.2) is 59.6 Å². The van der Waals surface area contributed by atoms with Gasteiger partial charge in [0, 0.05) is 51.3 Å². The lowest BCUT2D eigenvalue weighted by atomic mass is 9.99. The first-order chi connectivity index (χ1) is 13.7. The molecule has 2 saturated heterocycles. The third-order valence-electron chi connectivity index (χ3n) is 5.74. The van der Waals surface area contributed by atoms with Crippen molar-refractivity contribution in [1.82, 2.24) is 10.2 Å². The summed E-state index contributed by atoms with van der Waals surface area (Å²) in [5.41, 5.74) is 3.60. The first-order valence-electron chi connectivity index (χ1n) is 10.1. The molecule has 2 aromatic carbocycles. The van der Waals surface area contributed by atoms with Crippen molar-refractivity contribution >= 4 is 41.5 Å². The highest BCUT2D eigenvalue weighted by atomic mass is 127. The molecule has 2 aliphatic heterocycles. The standard InChI is InChI=1S/C23H28N4O.HI/c1-24-23(26-15-13-20(17-26)19-6-3-2-4-7-19)25-16-18-9-11-21(12-10-18)27-14-5-8-22(27)28;/h2-4,6-7,9-12,20H,5,8,13-17H2,1H3,(H,24,25);1H. The Kier molecular flexibility index (Phi) is 7.52. The number of nitrogens with zero attached hydrogens (tertiary/aromatic N) is 3. The van der Waals surface area contributed by atoms with E-state index in [-0.39, 0.29) is 29.9 Å². The number of nitrogens with one attached hydrogen (secondary N) is 1. The first kappa shape index (κ1) is 21.6. The summed E-state index contributed by atoms with van der Waals surface area (Å²) in [5, 5.41) is 3.49. The number of rotatable bonds is 4. The fraction of sp³-hybridized carbons (Fsp3) is 0.391. The van der Waals surface area contributed by atoms with Gasteiger partial charge in [-0.1, -0.05) is 42.5 Å². The Labute approximate surface area is 190 Å². The minimum Gasteiger partial charge on any atom is -0.352 e. The zero-order chi connectivity index (χ0) is 19.3. The number of guanidine groups is 1. The van der Waals surface area contributed by atoms with Gasteiger partial charge in [0.05, 0.1) is 0 Å². The van der Waals surface area contributed by atoms with E-state index in [1.165, 1.54) is 11.1 Å². The van der Waals surface area contributed by atoms with Crippen molar-refractivity contribution < 1.29 is 4.79 Å². The van der Waals surface area contributed by atoms with E-state index in [4.69, 9.17) is 0 Å². The Bertz CT molecular complexity index is 838. The summed E-state index contributed by atoms with van der Waals surface area (Å²) >= 11 is 0. The Balaban J connectivity index is 0.00000240. The third kappa shape index (κ3) is 5.10. The number of anilines is 1. The van der Waals surface area contributed by atoms with E-state index in [0.29, 0.717) is 12.3 Å². The second kappa shape index (κ2) is 10.1. The molecule has 6 heteroatoms. The molecule has 1 amide bonds. The van der Waals surface area contributed by atoms with Crippen LogP contribution in [-0.2, 0) is 11.3 Å². The number of benzene rings is 2. The Morgan fingerprint density at radius 1 is 1.10 bits per heavy atom. The lowest BCUT2D eigenvalue weighted by Gasteiger charge is -2.22. The molecule has 2 heterocycles. The molecule has 0 aliphatic carbocycles. The Hall–Kier alpha value is -2.09. The van der Waals surface area contributed by atoms with Crippen molar-refractivity contribution in [2.45, 2.75) is 31.7 Å². The molecule has 2 aliphatic rings. The topological polar surface area (TPSA) is 47.9 Å². The molecular formula is C23H29IN4O. The predicted octanol–water partition coefficient (Wildman–Crippen LogP) is 4.00. The van der Waals surface area contributed by atoms with Gasteiger partial charge < -0.3 is 15.1 Å². The highest BCUT2D eigenvalue weighted by Gasteiger charge is 2.26. The third-order valence-corrected chi connectivity index (χ3v) is 5.74. The molecule has 4 rings (SSSR count). The van der Waals surface area contributed by atoms with E-state index in [0.717, 1.165) is 50.7 Å². The second-order valence-corrected chi connectivity index (χ2v) is 7.56.